The van der Waals surface area contributed by atoms with Gasteiger partial charge in [0, 0.05) is 56.3 Å². The largest absolute Gasteiger partial charge is 0.334 e. The first-order chi connectivity index (χ1) is 15.2. The summed E-state index contributed by atoms with van der Waals surface area (Å²) in [6.07, 6.45) is 14.6. The van der Waals surface area contributed by atoms with Crippen molar-refractivity contribution in [1.29, 1.82) is 0 Å². The lowest BCUT2D eigenvalue weighted by Crippen LogP contribution is -2.39. The molecule has 4 heterocycles. The smallest absolute Gasteiger partial charge is 0.225 e. The molecule has 1 aliphatic rings. The standard InChI is InChI=1S/C24H30N6O/c1-3-6-22-26-16-20(19-8-11-25-12-9-19)24(28-22)21-7-4-5-13-30(21)23(31)10-14-29-17-18(2)15-27-29/h8-9,11-12,15-17,21H,3-7,10,13-14H2,1-2H3/t21-/m1/s1. The van der Waals surface area contributed by atoms with Crippen molar-refractivity contribution in [3.05, 3.63) is 60.2 Å². The zero-order chi connectivity index (χ0) is 21.6. The monoisotopic (exact) mass is 418 g/mol. The van der Waals surface area contributed by atoms with Gasteiger partial charge in [-0.3, -0.25) is 14.5 Å². The third-order valence-electron chi connectivity index (χ3n) is 5.79. The van der Waals surface area contributed by atoms with Crippen LogP contribution in [-0.2, 0) is 17.8 Å². The van der Waals surface area contributed by atoms with E-state index in [9.17, 15) is 4.79 Å². The van der Waals surface area contributed by atoms with E-state index in [-0.39, 0.29) is 11.9 Å². The number of rotatable bonds is 7. The van der Waals surface area contributed by atoms with Gasteiger partial charge in [0.25, 0.3) is 0 Å². The molecule has 0 unspecified atom stereocenters. The molecule has 1 saturated heterocycles. The Morgan fingerprint density at radius 1 is 1.19 bits per heavy atom. The first kappa shape index (κ1) is 21.2. The van der Waals surface area contributed by atoms with Gasteiger partial charge in [0.2, 0.25) is 5.91 Å². The maximum atomic E-state index is 13.3. The van der Waals surface area contributed by atoms with Gasteiger partial charge in [-0.2, -0.15) is 5.10 Å². The molecule has 0 aliphatic carbocycles. The van der Waals surface area contributed by atoms with Crippen molar-refractivity contribution in [3.63, 3.8) is 0 Å². The summed E-state index contributed by atoms with van der Waals surface area (Å²) in [6.45, 7) is 5.51. The minimum Gasteiger partial charge on any atom is -0.334 e. The molecule has 0 saturated carbocycles. The molecule has 31 heavy (non-hydrogen) atoms. The number of amides is 1. The van der Waals surface area contributed by atoms with E-state index in [4.69, 9.17) is 4.98 Å². The molecule has 3 aromatic heterocycles. The van der Waals surface area contributed by atoms with Crippen LogP contribution in [0.4, 0.5) is 0 Å². The highest BCUT2D eigenvalue weighted by atomic mass is 16.2. The van der Waals surface area contributed by atoms with Crippen molar-refractivity contribution < 1.29 is 4.79 Å². The molecule has 7 heteroatoms. The molecule has 0 radical (unpaired) electrons. The molecule has 4 rings (SSSR count). The number of hydrogen-bond acceptors (Lipinski definition) is 5. The van der Waals surface area contributed by atoms with E-state index >= 15 is 0 Å². The Bertz CT molecular complexity index is 1020. The van der Waals surface area contributed by atoms with E-state index in [2.05, 4.69) is 22.0 Å². The van der Waals surface area contributed by atoms with Gasteiger partial charge in [-0.1, -0.05) is 6.92 Å². The summed E-state index contributed by atoms with van der Waals surface area (Å²) in [6, 6.07) is 3.94. The SMILES string of the molecule is CCCc1ncc(-c2ccncc2)c([C@H]2CCCCN2C(=O)CCn2cc(C)cn2)n1. The Balaban J connectivity index is 1.63. The summed E-state index contributed by atoms with van der Waals surface area (Å²) in [5.74, 6) is 1.01. The summed E-state index contributed by atoms with van der Waals surface area (Å²) in [5.41, 5.74) is 4.11. The molecule has 0 N–H and O–H groups in total. The zero-order valence-electron chi connectivity index (χ0n) is 18.4. The van der Waals surface area contributed by atoms with E-state index in [1.54, 1.807) is 12.4 Å². The molecule has 0 aromatic carbocycles. The molecule has 7 nitrogen and oxygen atoms in total. The fraction of sp³-hybridized carbons (Fsp3) is 0.458. The minimum absolute atomic E-state index is 0.0256. The summed E-state index contributed by atoms with van der Waals surface area (Å²) < 4.78 is 1.85. The Morgan fingerprint density at radius 2 is 2.03 bits per heavy atom. The van der Waals surface area contributed by atoms with Crippen LogP contribution in [0.3, 0.4) is 0 Å². The topological polar surface area (TPSA) is 76.8 Å². The lowest BCUT2D eigenvalue weighted by molar-refractivity contribution is -0.135. The third-order valence-corrected chi connectivity index (χ3v) is 5.79. The molecule has 3 aromatic rings. The van der Waals surface area contributed by atoms with Crippen molar-refractivity contribution >= 4 is 5.91 Å². The fourth-order valence-corrected chi connectivity index (χ4v) is 4.24. The van der Waals surface area contributed by atoms with Crippen molar-refractivity contribution in [3.8, 4) is 11.1 Å². The Morgan fingerprint density at radius 3 is 2.77 bits per heavy atom. The van der Waals surface area contributed by atoms with E-state index < -0.39 is 0 Å². The van der Waals surface area contributed by atoms with Crippen molar-refractivity contribution in [2.24, 2.45) is 0 Å². The summed E-state index contributed by atoms with van der Waals surface area (Å²) in [4.78, 5) is 29.0. The van der Waals surface area contributed by atoms with Crippen LogP contribution in [0.15, 0.2) is 43.1 Å². The fourth-order valence-electron chi connectivity index (χ4n) is 4.24. The van der Waals surface area contributed by atoms with Crippen LogP contribution in [-0.4, -0.2) is 42.1 Å². The van der Waals surface area contributed by atoms with Crippen molar-refractivity contribution in [2.75, 3.05) is 6.54 Å². The number of likely N-dealkylation sites (tertiary alicyclic amines) is 1. The predicted octanol–water partition coefficient (Wildman–Crippen LogP) is 4.14. The van der Waals surface area contributed by atoms with Crippen LogP contribution >= 0.6 is 0 Å². The van der Waals surface area contributed by atoms with Crippen LogP contribution in [0.2, 0.25) is 0 Å². The number of aromatic nitrogens is 5. The van der Waals surface area contributed by atoms with E-state index in [1.807, 2.05) is 47.2 Å². The Kier molecular flexibility index (Phi) is 6.70. The van der Waals surface area contributed by atoms with Gasteiger partial charge >= 0.3 is 0 Å². The third kappa shape index (κ3) is 4.98. The predicted molar refractivity (Wildman–Crippen MR) is 119 cm³/mol. The summed E-state index contributed by atoms with van der Waals surface area (Å²) in [7, 11) is 0. The van der Waals surface area contributed by atoms with Crippen LogP contribution in [0.5, 0.6) is 0 Å². The van der Waals surface area contributed by atoms with Gasteiger partial charge in [0.1, 0.15) is 5.82 Å². The van der Waals surface area contributed by atoms with Gasteiger partial charge in [-0.05, 0) is 55.9 Å². The Hall–Kier alpha value is -3.09. The second-order valence-corrected chi connectivity index (χ2v) is 8.20. The highest BCUT2D eigenvalue weighted by Crippen LogP contribution is 2.36. The lowest BCUT2D eigenvalue weighted by Gasteiger charge is -2.36. The van der Waals surface area contributed by atoms with Crippen LogP contribution in [0.25, 0.3) is 11.1 Å². The number of hydrogen-bond donors (Lipinski definition) is 0. The quantitative estimate of drug-likeness (QED) is 0.576. The van der Waals surface area contributed by atoms with E-state index in [1.165, 1.54) is 0 Å². The number of carbonyl (C=O) groups is 1. The second kappa shape index (κ2) is 9.81. The maximum Gasteiger partial charge on any atom is 0.225 e. The molecule has 0 spiro atoms. The summed E-state index contributed by atoms with van der Waals surface area (Å²) >= 11 is 0. The van der Waals surface area contributed by atoms with Crippen molar-refractivity contribution in [2.45, 2.75) is 65.0 Å². The van der Waals surface area contributed by atoms with Crippen molar-refractivity contribution in [1.82, 2.24) is 29.6 Å². The molecular weight excluding hydrogens is 388 g/mol. The number of piperidine rings is 1. The van der Waals surface area contributed by atoms with Crippen LogP contribution < -0.4 is 0 Å². The van der Waals surface area contributed by atoms with E-state index in [0.717, 1.165) is 66.9 Å². The second-order valence-electron chi connectivity index (χ2n) is 8.20. The first-order valence-corrected chi connectivity index (χ1v) is 11.2. The summed E-state index contributed by atoms with van der Waals surface area (Å²) in [5, 5.41) is 4.32. The van der Waals surface area contributed by atoms with Crippen LogP contribution in [0, 0.1) is 6.92 Å². The maximum absolute atomic E-state index is 13.3. The van der Waals surface area contributed by atoms with Gasteiger partial charge in [-0.25, -0.2) is 9.97 Å². The molecule has 1 aliphatic heterocycles. The van der Waals surface area contributed by atoms with Gasteiger partial charge < -0.3 is 4.90 Å². The lowest BCUT2D eigenvalue weighted by atomic mass is 9.93. The highest BCUT2D eigenvalue weighted by Gasteiger charge is 2.31. The number of nitrogens with zero attached hydrogens (tertiary/aromatic N) is 6. The molecular formula is C24H30N6O. The van der Waals surface area contributed by atoms with Crippen LogP contribution in [0.1, 0.15) is 62.2 Å². The molecule has 1 amide bonds. The normalized spacial score (nSPS) is 16.5. The van der Waals surface area contributed by atoms with Gasteiger partial charge in [0.05, 0.1) is 17.9 Å². The van der Waals surface area contributed by atoms with Gasteiger partial charge in [0.15, 0.2) is 0 Å². The minimum atomic E-state index is -0.0256. The number of carbonyl (C=O) groups excluding carboxylic acids is 1. The van der Waals surface area contributed by atoms with Gasteiger partial charge in [-0.15, -0.1) is 0 Å². The molecule has 0 bridgehead atoms. The Labute approximate surface area is 183 Å². The molecule has 1 atom stereocenters. The van der Waals surface area contributed by atoms with E-state index in [0.29, 0.717) is 13.0 Å². The molecule has 162 valence electrons. The zero-order valence-corrected chi connectivity index (χ0v) is 18.4. The molecule has 1 fully saturated rings. The number of aryl methyl sites for hydroxylation is 3. The number of pyridine rings is 1. The highest BCUT2D eigenvalue weighted by molar-refractivity contribution is 5.77. The average Bonchev–Trinajstić information content (AvgIpc) is 3.23. The first-order valence-electron chi connectivity index (χ1n) is 11.2. The average molecular weight is 419 g/mol.